The second kappa shape index (κ2) is 10.0. The molecule has 0 aliphatic rings. The SMILES string of the molecule is C=CCC(C#CCCCCC)C#Cc1ccccc1. The Hall–Kier alpha value is -1.92. The van der Waals surface area contributed by atoms with Crippen molar-refractivity contribution in [3.8, 4) is 23.7 Å². The number of benzene rings is 1. The van der Waals surface area contributed by atoms with E-state index in [1.165, 1.54) is 19.3 Å². The Morgan fingerprint density at radius 1 is 1.16 bits per heavy atom. The van der Waals surface area contributed by atoms with Gasteiger partial charge in [0.1, 0.15) is 0 Å². The number of allylic oxidation sites excluding steroid dienone is 1. The first-order valence-corrected chi connectivity index (χ1v) is 7.02. The Balaban J connectivity index is 2.58. The zero-order valence-corrected chi connectivity index (χ0v) is 11.8. The van der Waals surface area contributed by atoms with Crippen LogP contribution in [0.2, 0.25) is 0 Å². The van der Waals surface area contributed by atoms with Crippen LogP contribution >= 0.6 is 0 Å². The van der Waals surface area contributed by atoms with Gasteiger partial charge in [0.25, 0.3) is 0 Å². The van der Waals surface area contributed by atoms with Gasteiger partial charge < -0.3 is 0 Å². The van der Waals surface area contributed by atoms with Crippen molar-refractivity contribution in [2.75, 3.05) is 0 Å². The average molecular weight is 250 g/mol. The van der Waals surface area contributed by atoms with Crippen LogP contribution in [-0.2, 0) is 0 Å². The van der Waals surface area contributed by atoms with Crippen molar-refractivity contribution in [3.05, 3.63) is 48.6 Å². The summed E-state index contributed by atoms with van der Waals surface area (Å²) in [5, 5.41) is 0. The van der Waals surface area contributed by atoms with Gasteiger partial charge >= 0.3 is 0 Å². The molecular formula is C19H22. The summed E-state index contributed by atoms with van der Waals surface area (Å²) < 4.78 is 0. The number of hydrogen-bond acceptors (Lipinski definition) is 0. The fraction of sp³-hybridized carbons (Fsp3) is 0.368. The molecule has 1 atom stereocenters. The molecule has 0 heterocycles. The van der Waals surface area contributed by atoms with E-state index >= 15 is 0 Å². The van der Waals surface area contributed by atoms with Gasteiger partial charge in [-0.25, -0.2) is 0 Å². The van der Waals surface area contributed by atoms with E-state index in [0.29, 0.717) is 0 Å². The van der Waals surface area contributed by atoms with Crippen LogP contribution in [0.5, 0.6) is 0 Å². The molecule has 1 aromatic rings. The van der Waals surface area contributed by atoms with Crippen molar-refractivity contribution < 1.29 is 0 Å². The minimum atomic E-state index is 0.110. The normalized spacial score (nSPS) is 10.6. The number of unbranched alkanes of at least 4 members (excludes halogenated alkanes) is 3. The molecule has 1 unspecified atom stereocenters. The minimum absolute atomic E-state index is 0.110. The Morgan fingerprint density at radius 3 is 2.63 bits per heavy atom. The van der Waals surface area contributed by atoms with Crippen LogP contribution < -0.4 is 0 Å². The zero-order chi connectivity index (χ0) is 13.8. The molecule has 1 rings (SSSR count). The van der Waals surface area contributed by atoms with Crippen LogP contribution in [0, 0.1) is 29.6 Å². The minimum Gasteiger partial charge on any atom is -0.103 e. The summed E-state index contributed by atoms with van der Waals surface area (Å²) >= 11 is 0. The van der Waals surface area contributed by atoms with Gasteiger partial charge in [-0.05, 0) is 25.0 Å². The van der Waals surface area contributed by atoms with E-state index in [2.05, 4.69) is 37.2 Å². The molecule has 0 fully saturated rings. The molecule has 0 N–H and O–H groups in total. The zero-order valence-electron chi connectivity index (χ0n) is 11.8. The summed E-state index contributed by atoms with van der Waals surface area (Å²) in [6, 6.07) is 10.0. The third-order valence-electron chi connectivity index (χ3n) is 2.75. The van der Waals surface area contributed by atoms with Crippen molar-refractivity contribution in [1.29, 1.82) is 0 Å². The smallest absolute Gasteiger partial charge is 0.0849 e. The molecule has 0 aromatic heterocycles. The number of hydrogen-bond donors (Lipinski definition) is 0. The van der Waals surface area contributed by atoms with Gasteiger partial charge in [0.15, 0.2) is 0 Å². The molecule has 0 radical (unpaired) electrons. The summed E-state index contributed by atoms with van der Waals surface area (Å²) in [5.74, 6) is 13.0. The van der Waals surface area contributed by atoms with Crippen molar-refractivity contribution >= 4 is 0 Å². The van der Waals surface area contributed by atoms with Gasteiger partial charge in [0, 0.05) is 12.0 Å². The third kappa shape index (κ3) is 7.17. The van der Waals surface area contributed by atoms with Gasteiger partial charge in [0.05, 0.1) is 5.92 Å². The third-order valence-corrected chi connectivity index (χ3v) is 2.75. The van der Waals surface area contributed by atoms with Gasteiger partial charge in [-0.2, -0.15) is 0 Å². The summed E-state index contributed by atoms with van der Waals surface area (Å²) in [6.07, 6.45) is 7.40. The lowest BCUT2D eigenvalue weighted by molar-refractivity contribution is 0.736. The highest BCUT2D eigenvalue weighted by molar-refractivity contribution is 5.35. The predicted molar refractivity (Wildman–Crippen MR) is 83.5 cm³/mol. The second-order valence-electron chi connectivity index (χ2n) is 4.49. The van der Waals surface area contributed by atoms with Crippen LogP contribution in [0.1, 0.15) is 44.6 Å². The highest BCUT2D eigenvalue weighted by atomic mass is 14.0. The van der Waals surface area contributed by atoms with Crippen molar-refractivity contribution in [1.82, 2.24) is 0 Å². The van der Waals surface area contributed by atoms with E-state index in [0.717, 1.165) is 18.4 Å². The van der Waals surface area contributed by atoms with Gasteiger partial charge in [-0.15, -0.1) is 12.5 Å². The Morgan fingerprint density at radius 2 is 1.95 bits per heavy atom. The predicted octanol–water partition coefficient (Wildman–Crippen LogP) is 4.81. The van der Waals surface area contributed by atoms with E-state index in [1.54, 1.807) is 0 Å². The summed E-state index contributed by atoms with van der Waals surface area (Å²) in [7, 11) is 0. The van der Waals surface area contributed by atoms with E-state index in [1.807, 2.05) is 36.4 Å². The molecule has 0 bridgehead atoms. The number of rotatable bonds is 5. The molecule has 0 aliphatic heterocycles. The fourth-order valence-corrected chi connectivity index (χ4v) is 1.67. The molecule has 0 saturated heterocycles. The van der Waals surface area contributed by atoms with Crippen LogP contribution in [-0.4, -0.2) is 0 Å². The van der Waals surface area contributed by atoms with E-state index in [4.69, 9.17) is 0 Å². The Kier molecular flexibility index (Phi) is 8.00. The van der Waals surface area contributed by atoms with Crippen molar-refractivity contribution in [2.24, 2.45) is 5.92 Å². The van der Waals surface area contributed by atoms with Crippen molar-refractivity contribution in [2.45, 2.75) is 39.0 Å². The molecule has 0 heteroatoms. The standard InChI is InChI=1S/C19H22/c1-3-5-6-7-9-13-18(12-4-2)16-17-19-14-10-8-11-15-19/h4,8,10-11,14-15,18H,2-3,5-7,12H2,1H3. The lowest BCUT2D eigenvalue weighted by atomic mass is 10.1. The van der Waals surface area contributed by atoms with Gasteiger partial charge in [0.2, 0.25) is 0 Å². The average Bonchev–Trinajstić information content (AvgIpc) is 2.45. The van der Waals surface area contributed by atoms with Crippen LogP contribution in [0.4, 0.5) is 0 Å². The first kappa shape index (κ1) is 15.1. The molecule has 19 heavy (non-hydrogen) atoms. The van der Waals surface area contributed by atoms with Crippen molar-refractivity contribution in [3.63, 3.8) is 0 Å². The molecule has 0 spiro atoms. The second-order valence-corrected chi connectivity index (χ2v) is 4.49. The summed E-state index contributed by atoms with van der Waals surface area (Å²) in [5.41, 5.74) is 1.05. The topological polar surface area (TPSA) is 0 Å². The quantitative estimate of drug-likeness (QED) is 0.399. The van der Waals surface area contributed by atoms with Gasteiger partial charge in [-0.3, -0.25) is 0 Å². The molecule has 1 aromatic carbocycles. The lowest BCUT2D eigenvalue weighted by Gasteiger charge is -1.97. The van der Waals surface area contributed by atoms with E-state index in [9.17, 15) is 0 Å². The van der Waals surface area contributed by atoms with Gasteiger partial charge in [-0.1, -0.05) is 61.8 Å². The van der Waals surface area contributed by atoms with Crippen LogP contribution in [0.15, 0.2) is 43.0 Å². The first-order chi connectivity index (χ1) is 9.36. The molecule has 98 valence electrons. The highest BCUT2D eigenvalue weighted by Gasteiger charge is 1.96. The first-order valence-electron chi connectivity index (χ1n) is 7.02. The summed E-state index contributed by atoms with van der Waals surface area (Å²) in [4.78, 5) is 0. The molecule has 0 aliphatic carbocycles. The fourth-order valence-electron chi connectivity index (χ4n) is 1.67. The maximum atomic E-state index is 3.78. The maximum absolute atomic E-state index is 3.78. The molecule has 0 nitrogen and oxygen atoms in total. The molecular weight excluding hydrogens is 228 g/mol. The van der Waals surface area contributed by atoms with Crippen LogP contribution in [0.3, 0.4) is 0 Å². The van der Waals surface area contributed by atoms with E-state index in [-0.39, 0.29) is 5.92 Å². The molecule has 0 saturated carbocycles. The monoisotopic (exact) mass is 250 g/mol. The highest BCUT2D eigenvalue weighted by Crippen LogP contribution is 2.03. The van der Waals surface area contributed by atoms with E-state index < -0.39 is 0 Å². The molecule has 0 amide bonds. The lowest BCUT2D eigenvalue weighted by Crippen LogP contribution is -1.91. The maximum Gasteiger partial charge on any atom is 0.0849 e. The summed E-state index contributed by atoms with van der Waals surface area (Å²) in [6.45, 7) is 5.99. The Labute approximate surface area is 117 Å². The van der Waals surface area contributed by atoms with Crippen LogP contribution in [0.25, 0.3) is 0 Å². The largest absolute Gasteiger partial charge is 0.103 e. The Bertz CT molecular complexity index is 474.